The molecule has 0 radical (unpaired) electrons. The van der Waals surface area contributed by atoms with Gasteiger partial charge in [0.2, 0.25) is 5.91 Å². The molecule has 2 aromatic carbocycles. The largest absolute Gasteiger partial charge is 0.494 e. The number of carbonyl (C=O) groups is 1. The summed E-state index contributed by atoms with van der Waals surface area (Å²) in [6.07, 6.45) is 0.314. The van der Waals surface area contributed by atoms with E-state index in [1.54, 1.807) is 0 Å². The number of benzene rings is 2. The Kier molecular flexibility index (Phi) is 5.16. The first-order valence-electron chi connectivity index (χ1n) is 9.00. The molecule has 0 spiro atoms. The SMILES string of the molecule is CCOc1ccc(CC(=O)Nc2c3c(nn2-c2ccccc2)CSC3)cc1. The van der Waals surface area contributed by atoms with Crippen LogP contribution in [0.1, 0.15) is 23.7 Å². The molecule has 0 bridgehead atoms. The molecule has 138 valence electrons. The van der Waals surface area contributed by atoms with E-state index >= 15 is 0 Å². The molecule has 5 nitrogen and oxygen atoms in total. The van der Waals surface area contributed by atoms with Gasteiger partial charge in [-0.15, -0.1) is 0 Å². The van der Waals surface area contributed by atoms with E-state index in [1.165, 1.54) is 0 Å². The summed E-state index contributed by atoms with van der Waals surface area (Å²) in [5.74, 6) is 3.32. The molecule has 0 fully saturated rings. The van der Waals surface area contributed by atoms with Crippen LogP contribution in [0.2, 0.25) is 0 Å². The summed E-state index contributed by atoms with van der Waals surface area (Å²) >= 11 is 1.82. The molecule has 27 heavy (non-hydrogen) atoms. The number of anilines is 1. The number of carbonyl (C=O) groups excluding carboxylic acids is 1. The first-order chi connectivity index (χ1) is 13.2. The average molecular weight is 379 g/mol. The highest BCUT2D eigenvalue weighted by Crippen LogP contribution is 2.36. The fourth-order valence-corrected chi connectivity index (χ4v) is 4.16. The predicted octanol–water partition coefficient (Wildman–Crippen LogP) is 4.20. The Balaban J connectivity index is 1.54. The van der Waals surface area contributed by atoms with Crippen molar-refractivity contribution in [3.8, 4) is 11.4 Å². The van der Waals surface area contributed by atoms with Gasteiger partial charge in [0.05, 0.1) is 24.4 Å². The molecular weight excluding hydrogens is 358 g/mol. The Labute approximate surface area is 162 Å². The maximum absolute atomic E-state index is 12.7. The van der Waals surface area contributed by atoms with E-state index in [0.717, 1.165) is 45.6 Å². The van der Waals surface area contributed by atoms with E-state index < -0.39 is 0 Å². The number of hydrogen-bond donors (Lipinski definition) is 1. The van der Waals surface area contributed by atoms with Gasteiger partial charge in [0, 0.05) is 17.1 Å². The van der Waals surface area contributed by atoms with Crippen molar-refractivity contribution < 1.29 is 9.53 Å². The number of para-hydroxylation sites is 1. The van der Waals surface area contributed by atoms with Gasteiger partial charge in [-0.2, -0.15) is 16.9 Å². The summed E-state index contributed by atoms with van der Waals surface area (Å²) in [6, 6.07) is 17.6. The fraction of sp³-hybridized carbons (Fsp3) is 0.238. The van der Waals surface area contributed by atoms with Gasteiger partial charge in [-0.1, -0.05) is 30.3 Å². The number of hydrogen-bond acceptors (Lipinski definition) is 4. The Bertz CT molecular complexity index is 936. The van der Waals surface area contributed by atoms with E-state index in [4.69, 9.17) is 9.84 Å². The summed E-state index contributed by atoms with van der Waals surface area (Å²) in [7, 11) is 0. The average Bonchev–Trinajstić information content (AvgIpc) is 3.27. The minimum absolute atomic E-state index is 0.0454. The van der Waals surface area contributed by atoms with Crippen molar-refractivity contribution in [1.82, 2.24) is 9.78 Å². The molecule has 6 heteroatoms. The molecule has 0 atom stereocenters. The molecule has 1 amide bonds. The lowest BCUT2D eigenvalue weighted by atomic mass is 10.1. The molecule has 0 saturated carbocycles. The molecule has 3 aromatic rings. The van der Waals surface area contributed by atoms with E-state index in [-0.39, 0.29) is 5.91 Å². The normalized spacial score (nSPS) is 12.6. The number of thioether (sulfide) groups is 1. The third-order valence-corrected chi connectivity index (χ3v) is 5.38. The highest BCUT2D eigenvalue weighted by atomic mass is 32.2. The minimum Gasteiger partial charge on any atom is -0.494 e. The van der Waals surface area contributed by atoms with Gasteiger partial charge >= 0.3 is 0 Å². The van der Waals surface area contributed by atoms with Crippen molar-refractivity contribution in [2.24, 2.45) is 0 Å². The molecule has 0 aliphatic carbocycles. The standard InChI is InChI=1S/C21H21N3O2S/c1-2-26-17-10-8-15(9-11-17)12-20(25)22-21-18-13-27-14-19(18)23-24(21)16-6-4-3-5-7-16/h3-11H,2,12-14H2,1H3,(H,22,25). The zero-order valence-corrected chi connectivity index (χ0v) is 16.0. The second-order valence-corrected chi connectivity index (χ2v) is 7.30. The highest BCUT2D eigenvalue weighted by Gasteiger charge is 2.24. The first kappa shape index (κ1) is 17.7. The smallest absolute Gasteiger partial charge is 0.229 e. The monoisotopic (exact) mass is 379 g/mol. The molecule has 4 rings (SSSR count). The maximum Gasteiger partial charge on any atom is 0.229 e. The van der Waals surface area contributed by atoms with Crippen molar-refractivity contribution in [3.05, 3.63) is 71.4 Å². The summed E-state index contributed by atoms with van der Waals surface area (Å²) in [4.78, 5) is 12.7. The minimum atomic E-state index is -0.0454. The van der Waals surface area contributed by atoms with Crippen LogP contribution in [-0.4, -0.2) is 22.3 Å². The van der Waals surface area contributed by atoms with Crippen LogP contribution in [0.15, 0.2) is 54.6 Å². The number of ether oxygens (including phenoxy) is 1. The van der Waals surface area contributed by atoms with Gasteiger partial charge < -0.3 is 10.1 Å². The molecule has 2 heterocycles. The predicted molar refractivity (Wildman–Crippen MR) is 109 cm³/mol. The van der Waals surface area contributed by atoms with E-state index in [2.05, 4.69) is 5.32 Å². The van der Waals surface area contributed by atoms with E-state index in [9.17, 15) is 4.79 Å². The van der Waals surface area contributed by atoms with Crippen molar-refractivity contribution in [1.29, 1.82) is 0 Å². The number of fused-ring (bicyclic) bond motifs is 1. The number of nitrogens with one attached hydrogen (secondary N) is 1. The molecule has 1 aliphatic rings. The topological polar surface area (TPSA) is 56.1 Å². The van der Waals surface area contributed by atoms with Crippen LogP contribution in [0.25, 0.3) is 5.69 Å². The quantitative estimate of drug-likeness (QED) is 0.697. The number of aromatic nitrogens is 2. The third kappa shape index (κ3) is 3.85. The summed E-state index contributed by atoms with van der Waals surface area (Å²) in [5.41, 5.74) is 4.09. The van der Waals surface area contributed by atoms with Gasteiger partial charge in [0.15, 0.2) is 0 Å². The molecule has 0 unspecified atom stereocenters. The Morgan fingerprint density at radius 1 is 1.15 bits per heavy atom. The second-order valence-electron chi connectivity index (χ2n) is 6.32. The van der Waals surface area contributed by atoms with Gasteiger partial charge in [-0.3, -0.25) is 4.79 Å². The summed E-state index contributed by atoms with van der Waals surface area (Å²) in [5, 5.41) is 7.81. The first-order valence-corrected chi connectivity index (χ1v) is 10.2. The number of nitrogens with zero attached hydrogens (tertiary/aromatic N) is 2. The molecule has 1 N–H and O–H groups in total. The fourth-order valence-electron chi connectivity index (χ4n) is 3.13. The van der Waals surface area contributed by atoms with Crippen LogP contribution < -0.4 is 10.1 Å². The Morgan fingerprint density at radius 2 is 1.93 bits per heavy atom. The van der Waals surface area contributed by atoms with Gasteiger partial charge in [-0.05, 0) is 36.8 Å². The van der Waals surface area contributed by atoms with Crippen LogP contribution in [0, 0.1) is 0 Å². The summed E-state index contributed by atoms with van der Waals surface area (Å²) in [6.45, 7) is 2.58. The van der Waals surface area contributed by atoms with Gasteiger partial charge in [0.1, 0.15) is 11.6 Å². The molecule has 1 aliphatic heterocycles. The van der Waals surface area contributed by atoms with Crippen molar-refractivity contribution in [2.45, 2.75) is 24.9 Å². The van der Waals surface area contributed by atoms with Crippen LogP contribution in [0.4, 0.5) is 5.82 Å². The van der Waals surface area contributed by atoms with Gasteiger partial charge in [-0.25, -0.2) is 4.68 Å². The van der Waals surface area contributed by atoms with Crippen molar-refractivity contribution in [2.75, 3.05) is 11.9 Å². The summed E-state index contributed by atoms with van der Waals surface area (Å²) < 4.78 is 7.30. The molecule has 1 aromatic heterocycles. The maximum atomic E-state index is 12.7. The lowest BCUT2D eigenvalue weighted by molar-refractivity contribution is -0.115. The van der Waals surface area contributed by atoms with Crippen molar-refractivity contribution in [3.63, 3.8) is 0 Å². The van der Waals surface area contributed by atoms with Gasteiger partial charge in [0.25, 0.3) is 0 Å². The Hall–Kier alpha value is -2.73. The molecule has 0 saturated heterocycles. The van der Waals surface area contributed by atoms with E-state index in [1.807, 2.05) is 78.0 Å². The van der Waals surface area contributed by atoms with Crippen LogP contribution in [-0.2, 0) is 22.7 Å². The second kappa shape index (κ2) is 7.88. The third-order valence-electron chi connectivity index (χ3n) is 4.41. The van der Waals surface area contributed by atoms with Crippen LogP contribution >= 0.6 is 11.8 Å². The van der Waals surface area contributed by atoms with Crippen molar-refractivity contribution >= 4 is 23.5 Å². The zero-order chi connectivity index (χ0) is 18.6. The van der Waals surface area contributed by atoms with E-state index in [0.29, 0.717) is 13.0 Å². The lowest BCUT2D eigenvalue weighted by Crippen LogP contribution is -2.18. The molecular formula is C21H21N3O2S. The number of rotatable bonds is 6. The Morgan fingerprint density at radius 3 is 2.67 bits per heavy atom. The lowest BCUT2D eigenvalue weighted by Gasteiger charge is -2.11. The zero-order valence-electron chi connectivity index (χ0n) is 15.1. The van der Waals surface area contributed by atoms with Crippen LogP contribution in [0.5, 0.6) is 5.75 Å². The highest BCUT2D eigenvalue weighted by molar-refractivity contribution is 7.98. The number of amides is 1. The van der Waals surface area contributed by atoms with Crippen LogP contribution in [0.3, 0.4) is 0 Å².